The summed E-state index contributed by atoms with van der Waals surface area (Å²) in [6.45, 7) is 4.10. The molecule has 1 aromatic rings. The molecule has 0 saturated carbocycles. The molecule has 1 rings (SSSR count). The molecule has 0 heterocycles. The minimum atomic E-state index is -0.0327. The van der Waals surface area contributed by atoms with Gasteiger partial charge in [0.15, 0.2) is 0 Å². The third-order valence-corrected chi connectivity index (χ3v) is 2.75. The standard InChI is InChI=1S/C12H17BrN2O2/c1-8(2)15-12(16)7-14-11-6-9(17-3)4-5-10(11)13/h4-6,8,14H,7H2,1-3H3,(H,15,16). The zero-order chi connectivity index (χ0) is 12.8. The fourth-order valence-corrected chi connectivity index (χ4v) is 1.70. The molecule has 1 aromatic carbocycles. The fraction of sp³-hybridized carbons (Fsp3) is 0.417. The first kappa shape index (κ1) is 13.8. The predicted molar refractivity (Wildman–Crippen MR) is 72.5 cm³/mol. The third kappa shape index (κ3) is 4.65. The number of carbonyl (C=O) groups is 1. The Hall–Kier alpha value is -1.23. The van der Waals surface area contributed by atoms with Crippen molar-refractivity contribution in [2.24, 2.45) is 0 Å². The van der Waals surface area contributed by atoms with Gasteiger partial charge in [-0.1, -0.05) is 0 Å². The molecule has 0 bridgehead atoms. The summed E-state index contributed by atoms with van der Waals surface area (Å²) in [6.07, 6.45) is 0. The van der Waals surface area contributed by atoms with Crippen LogP contribution in [-0.2, 0) is 4.79 Å². The Kier molecular flexibility index (Phi) is 5.28. The van der Waals surface area contributed by atoms with E-state index in [2.05, 4.69) is 26.6 Å². The maximum atomic E-state index is 11.5. The molecular formula is C12H17BrN2O2. The second-order valence-electron chi connectivity index (χ2n) is 3.92. The Morgan fingerprint density at radius 1 is 1.47 bits per heavy atom. The molecule has 17 heavy (non-hydrogen) atoms. The number of hydrogen-bond acceptors (Lipinski definition) is 3. The monoisotopic (exact) mass is 300 g/mol. The van der Waals surface area contributed by atoms with Gasteiger partial charge >= 0.3 is 0 Å². The molecule has 0 unspecified atom stereocenters. The maximum Gasteiger partial charge on any atom is 0.239 e. The molecule has 0 aliphatic heterocycles. The van der Waals surface area contributed by atoms with Crippen molar-refractivity contribution in [3.63, 3.8) is 0 Å². The van der Waals surface area contributed by atoms with Gasteiger partial charge < -0.3 is 15.4 Å². The lowest BCUT2D eigenvalue weighted by Gasteiger charge is -2.12. The van der Waals surface area contributed by atoms with Gasteiger partial charge in [0.2, 0.25) is 5.91 Å². The number of benzene rings is 1. The number of halogens is 1. The molecule has 0 atom stereocenters. The quantitative estimate of drug-likeness (QED) is 0.878. The van der Waals surface area contributed by atoms with Crippen molar-refractivity contribution in [3.8, 4) is 5.75 Å². The second-order valence-corrected chi connectivity index (χ2v) is 4.78. The SMILES string of the molecule is COc1ccc(Br)c(NCC(=O)NC(C)C)c1. The molecule has 2 N–H and O–H groups in total. The zero-order valence-corrected chi connectivity index (χ0v) is 11.8. The average Bonchev–Trinajstić information content (AvgIpc) is 2.27. The van der Waals surface area contributed by atoms with Crippen molar-refractivity contribution >= 4 is 27.5 Å². The van der Waals surface area contributed by atoms with E-state index in [-0.39, 0.29) is 18.5 Å². The zero-order valence-electron chi connectivity index (χ0n) is 10.2. The summed E-state index contributed by atoms with van der Waals surface area (Å²) in [4.78, 5) is 11.5. The molecule has 4 nitrogen and oxygen atoms in total. The van der Waals surface area contributed by atoms with Gasteiger partial charge in [0, 0.05) is 16.6 Å². The van der Waals surface area contributed by atoms with E-state index in [0.717, 1.165) is 15.9 Å². The number of ether oxygens (including phenoxy) is 1. The van der Waals surface area contributed by atoms with Gasteiger partial charge in [-0.15, -0.1) is 0 Å². The van der Waals surface area contributed by atoms with Crippen molar-refractivity contribution in [2.75, 3.05) is 19.0 Å². The highest BCUT2D eigenvalue weighted by Gasteiger charge is 2.05. The molecule has 0 aliphatic rings. The van der Waals surface area contributed by atoms with Gasteiger partial charge in [0.25, 0.3) is 0 Å². The van der Waals surface area contributed by atoms with Crippen LogP contribution in [-0.4, -0.2) is 25.6 Å². The molecule has 0 aromatic heterocycles. The number of carbonyl (C=O) groups excluding carboxylic acids is 1. The number of hydrogen-bond donors (Lipinski definition) is 2. The van der Waals surface area contributed by atoms with Crippen LogP contribution in [0.25, 0.3) is 0 Å². The van der Waals surface area contributed by atoms with E-state index >= 15 is 0 Å². The molecule has 0 saturated heterocycles. The number of anilines is 1. The van der Waals surface area contributed by atoms with Crippen LogP contribution in [0, 0.1) is 0 Å². The smallest absolute Gasteiger partial charge is 0.239 e. The van der Waals surface area contributed by atoms with Crippen molar-refractivity contribution in [1.82, 2.24) is 5.32 Å². The van der Waals surface area contributed by atoms with Crippen molar-refractivity contribution in [3.05, 3.63) is 22.7 Å². The lowest BCUT2D eigenvalue weighted by molar-refractivity contribution is -0.119. The molecular weight excluding hydrogens is 284 g/mol. The van der Waals surface area contributed by atoms with Crippen LogP contribution < -0.4 is 15.4 Å². The summed E-state index contributed by atoms with van der Waals surface area (Å²) >= 11 is 3.41. The van der Waals surface area contributed by atoms with Crippen LogP contribution in [0.4, 0.5) is 5.69 Å². The van der Waals surface area contributed by atoms with E-state index in [1.165, 1.54) is 0 Å². The molecule has 94 valence electrons. The molecule has 1 amide bonds. The first-order chi connectivity index (χ1) is 8.02. The topological polar surface area (TPSA) is 50.4 Å². The van der Waals surface area contributed by atoms with Crippen LogP contribution in [0.2, 0.25) is 0 Å². The highest BCUT2D eigenvalue weighted by Crippen LogP contribution is 2.26. The molecule has 0 fully saturated rings. The maximum absolute atomic E-state index is 11.5. The number of methoxy groups -OCH3 is 1. The van der Waals surface area contributed by atoms with Crippen LogP contribution in [0.1, 0.15) is 13.8 Å². The van der Waals surface area contributed by atoms with Gasteiger partial charge in [0.1, 0.15) is 5.75 Å². The lowest BCUT2D eigenvalue weighted by atomic mass is 10.3. The summed E-state index contributed by atoms with van der Waals surface area (Å²) in [6, 6.07) is 5.72. The Morgan fingerprint density at radius 2 is 2.18 bits per heavy atom. The summed E-state index contributed by atoms with van der Waals surface area (Å²) in [5, 5.41) is 5.87. The van der Waals surface area contributed by atoms with Gasteiger partial charge in [-0.2, -0.15) is 0 Å². The van der Waals surface area contributed by atoms with E-state index < -0.39 is 0 Å². The van der Waals surface area contributed by atoms with Crippen LogP contribution >= 0.6 is 15.9 Å². The summed E-state index contributed by atoms with van der Waals surface area (Å²) < 4.78 is 6.02. The highest BCUT2D eigenvalue weighted by molar-refractivity contribution is 9.10. The van der Waals surface area contributed by atoms with E-state index in [1.54, 1.807) is 7.11 Å². The highest BCUT2D eigenvalue weighted by atomic mass is 79.9. The number of nitrogens with one attached hydrogen (secondary N) is 2. The van der Waals surface area contributed by atoms with E-state index in [1.807, 2.05) is 32.0 Å². The first-order valence-corrected chi connectivity index (χ1v) is 6.19. The molecule has 0 spiro atoms. The predicted octanol–water partition coefficient (Wildman–Crippen LogP) is 2.39. The van der Waals surface area contributed by atoms with E-state index in [4.69, 9.17) is 4.74 Å². The normalized spacial score (nSPS) is 10.2. The van der Waals surface area contributed by atoms with Crippen LogP contribution in [0.5, 0.6) is 5.75 Å². The van der Waals surface area contributed by atoms with Gasteiger partial charge in [-0.05, 0) is 41.9 Å². The van der Waals surface area contributed by atoms with Crippen LogP contribution in [0.15, 0.2) is 22.7 Å². The molecule has 5 heteroatoms. The van der Waals surface area contributed by atoms with E-state index in [9.17, 15) is 4.79 Å². The largest absolute Gasteiger partial charge is 0.497 e. The minimum Gasteiger partial charge on any atom is -0.497 e. The van der Waals surface area contributed by atoms with Gasteiger partial charge in [-0.3, -0.25) is 4.79 Å². The van der Waals surface area contributed by atoms with Crippen molar-refractivity contribution in [1.29, 1.82) is 0 Å². The third-order valence-electron chi connectivity index (χ3n) is 2.06. The fourth-order valence-electron chi connectivity index (χ4n) is 1.32. The number of rotatable bonds is 5. The van der Waals surface area contributed by atoms with Gasteiger partial charge in [0.05, 0.1) is 19.3 Å². The van der Waals surface area contributed by atoms with Crippen molar-refractivity contribution < 1.29 is 9.53 Å². The van der Waals surface area contributed by atoms with Gasteiger partial charge in [-0.25, -0.2) is 0 Å². The first-order valence-electron chi connectivity index (χ1n) is 5.39. The molecule has 0 radical (unpaired) electrons. The lowest BCUT2D eigenvalue weighted by Crippen LogP contribution is -2.34. The summed E-state index contributed by atoms with van der Waals surface area (Å²) in [5.41, 5.74) is 0.836. The molecule has 0 aliphatic carbocycles. The van der Waals surface area contributed by atoms with Crippen molar-refractivity contribution in [2.45, 2.75) is 19.9 Å². The number of amides is 1. The summed E-state index contributed by atoms with van der Waals surface area (Å²) in [7, 11) is 1.61. The Balaban J connectivity index is 2.59. The Labute approximate surface area is 110 Å². The average molecular weight is 301 g/mol. The minimum absolute atomic E-state index is 0.0327. The Morgan fingerprint density at radius 3 is 2.76 bits per heavy atom. The Bertz CT molecular complexity index is 394. The van der Waals surface area contributed by atoms with Crippen LogP contribution in [0.3, 0.4) is 0 Å². The second kappa shape index (κ2) is 6.49. The summed E-state index contributed by atoms with van der Waals surface area (Å²) in [5.74, 6) is 0.717. The van der Waals surface area contributed by atoms with E-state index in [0.29, 0.717) is 0 Å².